The van der Waals surface area contributed by atoms with Crippen LogP contribution in [0.15, 0.2) is 10.5 Å². The lowest BCUT2D eigenvalue weighted by Crippen LogP contribution is -2.12. The second-order valence-electron chi connectivity index (χ2n) is 4.51. The van der Waals surface area contributed by atoms with Crippen LogP contribution in [0.25, 0.3) is 0 Å². The lowest BCUT2D eigenvalue weighted by atomic mass is 10.0. The molecule has 1 fully saturated rings. The van der Waals surface area contributed by atoms with Crippen LogP contribution in [-0.4, -0.2) is 24.6 Å². The van der Waals surface area contributed by atoms with Crippen LogP contribution in [0, 0.1) is 0 Å². The molecule has 0 atom stereocenters. The normalized spacial score (nSPS) is 19.2. The molecule has 3 rings (SSSR count). The van der Waals surface area contributed by atoms with Gasteiger partial charge in [-0.3, -0.25) is 0 Å². The van der Waals surface area contributed by atoms with Crippen molar-refractivity contribution in [2.75, 3.05) is 13.9 Å². The second-order valence-corrected chi connectivity index (χ2v) is 5.36. The number of rotatable bonds is 3. The summed E-state index contributed by atoms with van der Waals surface area (Å²) in [5.41, 5.74) is 0.294. The van der Waals surface area contributed by atoms with Gasteiger partial charge in [-0.25, -0.2) is 0 Å². The van der Waals surface area contributed by atoms with Gasteiger partial charge in [0.15, 0.2) is 11.5 Å². The molecule has 1 N–H and O–H groups in total. The lowest BCUT2D eigenvalue weighted by molar-refractivity contribution is 0.146. The van der Waals surface area contributed by atoms with Crippen molar-refractivity contribution in [1.82, 2.24) is 0 Å². The van der Waals surface area contributed by atoms with E-state index in [-0.39, 0.29) is 6.79 Å². The number of methoxy groups -OCH3 is 1. The molecule has 0 aromatic heterocycles. The predicted octanol–water partition coefficient (Wildman–Crippen LogP) is 2.25. The van der Waals surface area contributed by atoms with Crippen molar-refractivity contribution in [3.05, 3.63) is 16.1 Å². The van der Waals surface area contributed by atoms with E-state index in [1.54, 1.807) is 7.11 Å². The average molecular weight is 301 g/mol. The molecule has 92 valence electrons. The summed E-state index contributed by atoms with van der Waals surface area (Å²) in [6, 6.07) is 1.83. The number of hydrogen-bond donors (Lipinski definition) is 1. The highest BCUT2D eigenvalue weighted by atomic mass is 79.9. The number of benzene rings is 1. The van der Waals surface area contributed by atoms with Crippen molar-refractivity contribution in [3.63, 3.8) is 0 Å². The van der Waals surface area contributed by atoms with Crippen LogP contribution in [0.3, 0.4) is 0 Å². The minimum atomic E-state index is -0.589. The molecule has 5 heteroatoms. The molecule has 0 amide bonds. The van der Waals surface area contributed by atoms with E-state index in [2.05, 4.69) is 15.9 Å². The molecule has 1 saturated carbocycles. The number of ether oxygens (including phenoxy) is 3. The molecular formula is C12H13BrO4. The van der Waals surface area contributed by atoms with Crippen molar-refractivity contribution in [3.8, 4) is 17.2 Å². The van der Waals surface area contributed by atoms with Crippen LogP contribution >= 0.6 is 15.9 Å². The van der Waals surface area contributed by atoms with Crippen LogP contribution in [0.5, 0.6) is 17.2 Å². The van der Waals surface area contributed by atoms with Crippen molar-refractivity contribution in [1.29, 1.82) is 0 Å². The monoisotopic (exact) mass is 300 g/mol. The SMILES string of the molecule is COc1c(Br)cc2c(c1CC1(O)CC1)OCO2. The fourth-order valence-corrected chi connectivity index (χ4v) is 2.70. The predicted molar refractivity (Wildman–Crippen MR) is 64.7 cm³/mol. The smallest absolute Gasteiger partial charge is 0.231 e. The van der Waals surface area contributed by atoms with E-state index in [4.69, 9.17) is 14.2 Å². The molecule has 0 bridgehead atoms. The Morgan fingerprint density at radius 1 is 1.47 bits per heavy atom. The first-order valence-electron chi connectivity index (χ1n) is 5.50. The van der Waals surface area contributed by atoms with Gasteiger partial charge in [-0.2, -0.15) is 0 Å². The molecule has 1 aliphatic heterocycles. The Labute approximate surface area is 108 Å². The van der Waals surface area contributed by atoms with Gasteiger partial charge in [0.1, 0.15) is 5.75 Å². The number of aliphatic hydroxyl groups is 1. The average Bonchev–Trinajstić information content (AvgIpc) is 2.84. The molecule has 1 aliphatic carbocycles. The largest absolute Gasteiger partial charge is 0.495 e. The molecule has 4 nitrogen and oxygen atoms in total. The fourth-order valence-electron chi connectivity index (χ4n) is 2.09. The third-order valence-electron chi connectivity index (χ3n) is 3.20. The highest BCUT2D eigenvalue weighted by Crippen LogP contribution is 2.49. The van der Waals surface area contributed by atoms with Gasteiger partial charge in [0.2, 0.25) is 6.79 Å². The van der Waals surface area contributed by atoms with Crippen molar-refractivity contribution in [2.45, 2.75) is 24.9 Å². The van der Waals surface area contributed by atoms with Crippen LogP contribution in [0.4, 0.5) is 0 Å². The zero-order valence-electron chi connectivity index (χ0n) is 9.46. The molecule has 1 aromatic carbocycles. The molecule has 0 unspecified atom stereocenters. The second kappa shape index (κ2) is 3.78. The zero-order chi connectivity index (χ0) is 12.0. The van der Waals surface area contributed by atoms with Gasteiger partial charge in [-0.15, -0.1) is 0 Å². The van der Waals surface area contributed by atoms with Gasteiger partial charge in [0.25, 0.3) is 0 Å². The van der Waals surface area contributed by atoms with E-state index < -0.39 is 5.60 Å². The molecule has 1 heterocycles. The Morgan fingerprint density at radius 2 is 2.24 bits per heavy atom. The quantitative estimate of drug-likeness (QED) is 0.930. The minimum Gasteiger partial charge on any atom is -0.495 e. The molecule has 17 heavy (non-hydrogen) atoms. The van der Waals surface area contributed by atoms with Gasteiger partial charge < -0.3 is 19.3 Å². The van der Waals surface area contributed by atoms with Crippen LogP contribution in [0.1, 0.15) is 18.4 Å². The lowest BCUT2D eigenvalue weighted by Gasteiger charge is -2.15. The standard InChI is InChI=1S/C12H13BrO4/c1-15-10-7(5-12(14)2-3-12)11-9(4-8(10)13)16-6-17-11/h4,14H,2-3,5-6H2,1H3. The summed E-state index contributed by atoms with van der Waals surface area (Å²) in [7, 11) is 1.61. The van der Waals surface area contributed by atoms with E-state index >= 15 is 0 Å². The fraction of sp³-hybridized carbons (Fsp3) is 0.500. The third-order valence-corrected chi connectivity index (χ3v) is 3.79. The first kappa shape index (κ1) is 11.2. The summed E-state index contributed by atoms with van der Waals surface area (Å²) in [4.78, 5) is 0. The maximum absolute atomic E-state index is 10.1. The highest BCUT2D eigenvalue weighted by Gasteiger charge is 2.42. The first-order valence-corrected chi connectivity index (χ1v) is 6.30. The Morgan fingerprint density at radius 3 is 2.88 bits per heavy atom. The van der Waals surface area contributed by atoms with E-state index in [0.717, 1.165) is 28.6 Å². The summed E-state index contributed by atoms with van der Waals surface area (Å²) in [6.45, 7) is 0.223. The van der Waals surface area contributed by atoms with E-state index in [0.29, 0.717) is 17.9 Å². The van der Waals surface area contributed by atoms with Crippen LogP contribution < -0.4 is 14.2 Å². The Balaban J connectivity index is 2.09. The summed E-state index contributed by atoms with van der Waals surface area (Å²) >= 11 is 3.45. The summed E-state index contributed by atoms with van der Waals surface area (Å²) < 4.78 is 17.0. The first-order chi connectivity index (χ1) is 8.13. The van der Waals surface area contributed by atoms with E-state index in [1.807, 2.05) is 6.07 Å². The van der Waals surface area contributed by atoms with Gasteiger partial charge in [-0.05, 0) is 28.8 Å². The maximum atomic E-state index is 10.1. The third kappa shape index (κ3) is 1.87. The zero-order valence-corrected chi connectivity index (χ0v) is 11.0. The number of hydrogen-bond acceptors (Lipinski definition) is 4. The summed E-state index contributed by atoms with van der Waals surface area (Å²) in [5.74, 6) is 2.12. The van der Waals surface area contributed by atoms with E-state index in [9.17, 15) is 5.11 Å². The van der Waals surface area contributed by atoms with E-state index in [1.165, 1.54) is 0 Å². The van der Waals surface area contributed by atoms with Crippen molar-refractivity contribution >= 4 is 15.9 Å². The summed E-state index contributed by atoms with van der Waals surface area (Å²) in [5, 5.41) is 10.1. The topological polar surface area (TPSA) is 47.9 Å². The van der Waals surface area contributed by atoms with Crippen LogP contribution in [-0.2, 0) is 6.42 Å². The van der Waals surface area contributed by atoms with Gasteiger partial charge in [0.05, 0.1) is 17.2 Å². The van der Waals surface area contributed by atoms with Gasteiger partial charge >= 0.3 is 0 Å². The highest BCUT2D eigenvalue weighted by molar-refractivity contribution is 9.10. The Kier molecular flexibility index (Phi) is 2.48. The Hall–Kier alpha value is -0.940. The molecule has 2 aliphatic rings. The molecule has 0 spiro atoms. The molecule has 0 saturated heterocycles. The minimum absolute atomic E-state index is 0.223. The van der Waals surface area contributed by atoms with Gasteiger partial charge in [0, 0.05) is 18.1 Å². The molecule has 0 radical (unpaired) electrons. The van der Waals surface area contributed by atoms with Gasteiger partial charge in [-0.1, -0.05) is 0 Å². The maximum Gasteiger partial charge on any atom is 0.231 e. The number of halogens is 1. The van der Waals surface area contributed by atoms with Crippen LogP contribution in [0.2, 0.25) is 0 Å². The molecular weight excluding hydrogens is 288 g/mol. The molecule has 1 aromatic rings. The summed E-state index contributed by atoms with van der Waals surface area (Å²) in [6.07, 6.45) is 2.21. The Bertz CT molecular complexity index is 464. The van der Waals surface area contributed by atoms with Crippen molar-refractivity contribution < 1.29 is 19.3 Å². The van der Waals surface area contributed by atoms with Crippen molar-refractivity contribution in [2.24, 2.45) is 0 Å². The number of fused-ring (bicyclic) bond motifs is 1.